The molecule has 2 aliphatic rings. The van der Waals surface area contributed by atoms with Crippen molar-refractivity contribution in [2.45, 2.75) is 37.6 Å². The maximum atomic E-state index is 11.8. The third kappa shape index (κ3) is 1.51. The smallest absolute Gasteiger partial charge is 0.325 e. The number of nitrogens with zero attached hydrogens (tertiary/aromatic N) is 1. The lowest BCUT2D eigenvalue weighted by Gasteiger charge is -2.37. The van der Waals surface area contributed by atoms with Crippen molar-refractivity contribution in [3.63, 3.8) is 0 Å². The van der Waals surface area contributed by atoms with Crippen molar-refractivity contribution in [3.8, 4) is 0 Å². The Hall–Kier alpha value is -1.10. The zero-order valence-electron chi connectivity index (χ0n) is 8.66. The molecular weight excluding hydrogens is 196 g/mol. The number of carbonyl (C=O) groups is 2. The van der Waals surface area contributed by atoms with Crippen molar-refractivity contribution in [1.29, 1.82) is 0 Å². The van der Waals surface area contributed by atoms with E-state index in [9.17, 15) is 9.59 Å². The molecule has 1 spiro atoms. The normalized spacial score (nSPS) is 24.7. The van der Waals surface area contributed by atoms with E-state index in [1.165, 1.54) is 4.90 Å². The Bertz CT molecular complexity index is 284. The van der Waals surface area contributed by atoms with Gasteiger partial charge in [0.1, 0.15) is 5.54 Å². The molecule has 2 rings (SSSR count). The van der Waals surface area contributed by atoms with Crippen LogP contribution in [0, 0.1) is 0 Å². The van der Waals surface area contributed by atoms with Gasteiger partial charge in [-0.25, -0.2) is 4.79 Å². The quantitative estimate of drug-likeness (QED) is 0.644. The highest BCUT2D eigenvalue weighted by molar-refractivity contribution is 6.07. The van der Waals surface area contributed by atoms with E-state index in [0.717, 1.165) is 32.1 Å². The van der Waals surface area contributed by atoms with Crippen LogP contribution in [0.25, 0.3) is 0 Å². The minimum absolute atomic E-state index is 0.0948. The summed E-state index contributed by atoms with van der Waals surface area (Å²) in [5.41, 5.74) is -0.655. The largest absolute Gasteiger partial charge is 0.395 e. The third-order valence-corrected chi connectivity index (χ3v) is 3.41. The van der Waals surface area contributed by atoms with Crippen molar-refractivity contribution in [2.24, 2.45) is 0 Å². The molecule has 0 radical (unpaired) electrons. The number of hydrogen-bond donors (Lipinski definition) is 2. The Kier molecular flexibility index (Phi) is 2.65. The van der Waals surface area contributed by atoms with Crippen LogP contribution in [0.1, 0.15) is 32.1 Å². The van der Waals surface area contributed by atoms with Gasteiger partial charge in [-0.2, -0.15) is 0 Å². The number of aliphatic hydroxyl groups is 1. The Morgan fingerprint density at radius 1 is 1.27 bits per heavy atom. The molecule has 2 fully saturated rings. The van der Waals surface area contributed by atoms with Gasteiger partial charge in [-0.15, -0.1) is 0 Å². The summed E-state index contributed by atoms with van der Waals surface area (Å²) >= 11 is 0. The van der Waals surface area contributed by atoms with E-state index in [4.69, 9.17) is 5.11 Å². The number of β-amino-alcohol motifs (C(OH)–C–C–N with tert-alkyl or cyclic N) is 1. The lowest BCUT2D eigenvalue weighted by molar-refractivity contribution is -0.128. The summed E-state index contributed by atoms with van der Waals surface area (Å²) in [4.78, 5) is 24.8. The van der Waals surface area contributed by atoms with Gasteiger partial charge in [0.15, 0.2) is 0 Å². The summed E-state index contributed by atoms with van der Waals surface area (Å²) in [5.74, 6) is -0.180. The van der Waals surface area contributed by atoms with E-state index in [1.54, 1.807) is 0 Å². The second kappa shape index (κ2) is 3.81. The van der Waals surface area contributed by atoms with Crippen LogP contribution in [0.4, 0.5) is 4.79 Å². The Morgan fingerprint density at radius 2 is 1.93 bits per heavy atom. The number of carbonyl (C=O) groups excluding carboxylic acids is 2. The molecule has 0 bridgehead atoms. The zero-order chi connectivity index (χ0) is 10.9. The molecular formula is C10H16N2O3. The van der Waals surface area contributed by atoms with Gasteiger partial charge in [-0.3, -0.25) is 10.1 Å². The summed E-state index contributed by atoms with van der Waals surface area (Å²) in [6.45, 7) is 0.153. The summed E-state index contributed by atoms with van der Waals surface area (Å²) in [6, 6.07) is -0.351. The molecule has 1 saturated heterocycles. The number of nitrogens with one attached hydrogen (secondary N) is 1. The van der Waals surface area contributed by atoms with E-state index in [0.29, 0.717) is 0 Å². The van der Waals surface area contributed by atoms with Gasteiger partial charge >= 0.3 is 6.03 Å². The average Bonchev–Trinajstić information content (AvgIpc) is 2.45. The Labute approximate surface area is 88.4 Å². The number of imide groups is 1. The van der Waals surface area contributed by atoms with Gasteiger partial charge in [-0.05, 0) is 12.8 Å². The first kappa shape index (κ1) is 10.4. The molecule has 15 heavy (non-hydrogen) atoms. The summed E-state index contributed by atoms with van der Waals surface area (Å²) in [5, 5.41) is 11.3. The molecule has 1 aliphatic heterocycles. The first-order valence-corrected chi connectivity index (χ1v) is 5.45. The molecule has 0 atom stereocenters. The first-order chi connectivity index (χ1) is 7.20. The average molecular weight is 212 g/mol. The predicted molar refractivity (Wildman–Crippen MR) is 53.1 cm³/mol. The van der Waals surface area contributed by atoms with E-state index < -0.39 is 5.54 Å². The maximum absolute atomic E-state index is 11.8. The highest BCUT2D eigenvalue weighted by Crippen LogP contribution is 2.36. The van der Waals surface area contributed by atoms with Crippen LogP contribution in [0.2, 0.25) is 0 Å². The van der Waals surface area contributed by atoms with Crippen LogP contribution in [-0.2, 0) is 4.79 Å². The fourth-order valence-corrected chi connectivity index (χ4v) is 2.65. The van der Waals surface area contributed by atoms with E-state index in [2.05, 4.69) is 5.32 Å². The van der Waals surface area contributed by atoms with Crippen LogP contribution in [0.3, 0.4) is 0 Å². The number of urea groups is 1. The molecule has 0 aromatic heterocycles. The van der Waals surface area contributed by atoms with Crippen LogP contribution in [0.15, 0.2) is 0 Å². The minimum Gasteiger partial charge on any atom is -0.395 e. The van der Waals surface area contributed by atoms with Gasteiger partial charge in [0.25, 0.3) is 5.91 Å². The standard InChI is InChI=1S/C10H16N2O3/c13-7-6-12-9(15)11-8(14)10(12)4-2-1-3-5-10/h13H,1-7H2,(H,11,14,15). The van der Waals surface area contributed by atoms with Gasteiger partial charge < -0.3 is 10.0 Å². The highest BCUT2D eigenvalue weighted by atomic mass is 16.3. The highest BCUT2D eigenvalue weighted by Gasteiger charge is 2.52. The monoisotopic (exact) mass is 212 g/mol. The van der Waals surface area contributed by atoms with Gasteiger partial charge in [0.05, 0.1) is 6.61 Å². The topological polar surface area (TPSA) is 69.6 Å². The fourth-order valence-electron chi connectivity index (χ4n) is 2.65. The van der Waals surface area contributed by atoms with Crippen molar-refractivity contribution in [3.05, 3.63) is 0 Å². The van der Waals surface area contributed by atoms with Gasteiger partial charge in [-0.1, -0.05) is 19.3 Å². The molecule has 2 N–H and O–H groups in total. The Morgan fingerprint density at radius 3 is 2.53 bits per heavy atom. The summed E-state index contributed by atoms with van der Waals surface area (Å²) in [7, 11) is 0. The molecule has 5 nitrogen and oxygen atoms in total. The maximum Gasteiger partial charge on any atom is 0.325 e. The number of amides is 3. The third-order valence-electron chi connectivity index (χ3n) is 3.41. The predicted octanol–water partition coefficient (Wildman–Crippen LogP) is 0.233. The molecule has 5 heteroatoms. The van der Waals surface area contributed by atoms with Crippen LogP contribution in [0.5, 0.6) is 0 Å². The number of rotatable bonds is 2. The minimum atomic E-state index is -0.655. The number of aliphatic hydroxyl groups excluding tert-OH is 1. The molecule has 0 unspecified atom stereocenters. The second-order valence-electron chi connectivity index (χ2n) is 4.23. The van der Waals surface area contributed by atoms with Crippen molar-refractivity contribution in [1.82, 2.24) is 10.2 Å². The first-order valence-electron chi connectivity index (χ1n) is 5.45. The Balaban J connectivity index is 2.24. The SMILES string of the molecule is O=C1NC(=O)C2(CCCCC2)N1CCO. The number of hydrogen-bond acceptors (Lipinski definition) is 3. The van der Waals surface area contributed by atoms with E-state index >= 15 is 0 Å². The van der Waals surface area contributed by atoms with Crippen molar-refractivity contribution < 1.29 is 14.7 Å². The molecule has 1 heterocycles. The molecule has 1 saturated carbocycles. The zero-order valence-corrected chi connectivity index (χ0v) is 8.66. The fraction of sp³-hybridized carbons (Fsp3) is 0.800. The second-order valence-corrected chi connectivity index (χ2v) is 4.23. The molecule has 1 aliphatic carbocycles. The molecule has 3 amide bonds. The molecule has 0 aromatic carbocycles. The van der Waals surface area contributed by atoms with E-state index in [1.807, 2.05) is 0 Å². The lowest BCUT2D eigenvalue weighted by Crippen LogP contribution is -2.51. The summed E-state index contributed by atoms with van der Waals surface area (Å²) in [6.07, 6.45) is 4.52. The molecule has 84 valence electrons. The summed E-state index contributed by atoms with van der Waals surface area (Å²) < 4.78 is 0. The van der Waals surface area contributed by atoms with Crippen molar-refractivity contribution >= 4 is 11.9 Å². The van der Waals surface area contributed by atoms with Crippen LogP contribution in [-0.4, -0.2) is 40.6 Å². The van der Waals surface area contributed by atoms with Crippen LogP contribution < -0.4 is 5.32 Å². The van der Waals surface area contributed by atoms with Crippen molar-refractivity contribution in [2.75, 3.05) is 13.2 Å². The van der Waals surface area contributed by atoms with Gasteiger partial charge in [0, 0.05) is 6.54 Å². The van der Waals surface area contributed by atoms with Crippen LogP contribution >= 0.6 is 0 Å². The molecule has 0 aromatic rings. The van der Waals surface area contributed by atoms with E-state index in [-0.39, 0.29) is 25.1 Å². The lowest BCUT2D eigenvalue weighted by atomic mass is 9.80. The van der Waals surface area contributed by atoms with Gasteiger partial charge in [0.2, 0.25) is 0 Å².